The van der Waals surface area contributed by atoms with Gasteiger partial charge in [0.05, 0.1) is 17.3 Å². The molecule has 0 amide bonds. The van der Waals surface area contributed by atoms with E-state index in [9.17, 15) is 0 Å². The van der Waals surface area contributed by atoms with Crippen LogP contribution in [0.2, 0.25) is 0 Å². The smallest absolute Gasteiger partial charge is 0.133 e. The standard InChI is InChI=1S/C8H3IN3/c9-8-6-3-5(4-10)1-2-7(6)11-12-8/h1-3H. The third kappa shape index (κ3) is 1.06. The van der Waals surface area contributed by atoms with Gasteiger partial charge in [-0.2, -0.15) is 5.26 Å². The van der Waals surface area contributed by atoms with E-state index in [1.807, 2.05) is 6.07 Å². The summed E-state index contributed by atoms with van der Waals surface area (Å²) in [5.41, 5.74) is 6.37. The first kappa shape index (κ1) is 7.55. The minimum atomic E-state index is 0.648. The Hall–Kier alpha value is -1.09. The number of benzene rings is 1. The Morgan fingerprint density at radius 1 is 1.42 bits per heavy atom. The highest BCUT2D eigenvalue weighted by atomic mass is 127. The molecule has 1 aromatic rings. The maximum atomic E-state index is 8.63. The molecule has 2 rings (SSSR count). The Morgan fingerprint density at radius 2 is 2.25 bits per heavy atom. The second-order valence-corrected chi connectivity index (χ2v) is 3.36. The maximum absolute atomic E-state index is 8.63. The van der Waals surface area contributed by atoms with Crippen molar-refractivity contribution in [3.05, 3.63) is 29.3 Å². The predicted octanol–water partition coefficient (Wildman–Crippen LogP) is 1.90. The first-order valence-electron chi connectivity index (χ1n) is 3.30. The molecule has 0 atom stereocenters. The van der Waals surface area contributed by atoms with Gasteiger partial charge in [0.15, 0.2) is 0 Å². The third-order valence-corrected chi connectivity index (χ3v) is 2.39. The number of halogens is 1. The zero-order chi connectivity index (χ0) is 8.55. The molecule has 0 unspecified atom stereocenters. The van der Waals surface area contributed by atoms with E-state index in [2.05, 4.69) is 39.2 Å². The molecule has 4 heteroatoms. The van der Waals surface area contributed by atoms with Gasteiger partial charge in [0, 0.05) is 5.56 Å². The summed E-state index contributed by atoms with van der Waals surface area (Å²) >= 11 is 2.10. The Bertz CT molecular complexity index is 403. The van der Waals surface area contributed by atoms with Crippen LogP contribution in [0, 0.1) is 11.3 Å². The lowest BCUT2D eigenvalue weighted by atomic mass is 10.1. The summed E-state index contributed by atoms with van der Waals surface area (Å²) in [6, 6.07) is 7.43. The second kappa shape index (κ2) is 2.75. The average molecular weight is 268 g/mol. The SMILES string of the molecule is N#Cc1ccc2c(c1)C(I)=N[N]2. The van der Waals surface area contributed by atoms with Crippen LogP contribution >= 0.6 is 22.6 Å². The van der Waals surface area contributed by atoms with Gasteiger partial charge < -0.3 is 0 Å². The molecule has 0 saturated carbocycles. The molecule has 0 aromatic heterocycles. The number of fused-ring (bicyclic) bond motifs is 1. The molecule has 3 nitrogen and oxygen atoms in total. The van der Waals surface area contributed by atoms with Gasteiger partial charge in [0.1, 0.15) is 3.72 Å². The molecule has 1 heterocycles. The quantitative estimate of drug-likeness (QED) is 0.663. The lowest BCUT2D eigenvalue weighted by molar-refractivity contribution is 0.991. The van der Waals surface area contributed by atoms with E-state index >= 15 is 0 Å². The molecule has 57 valence electrons. The van der Waals surface area contributed by atoms with Crippen molar-refractivity contribution in [2.45, 2.75) is 0 Å². The largest absolute Gasteiger partial charge is 0.192 e. The summed E-state index contributed by atoms with van der Waals surface area (Å²) in [5, 5.41) is 12.5. The Morgan fingerprint density at radius 3 is 3.00 bits per heavy atom. The van der Waals surface area contributed by atoms with E-state index in [1.54, 1.807) is 12.1 Å². The first-order valence-corrected chi connectivity index (χ1v) is 4.38. The van der Waals surface area contributed by atoms with E-state index in [0.29, 0.717) is 5.56 Å². The molecule has 0 fully saturated rings. The van der Waals surface area contributed by atoms with Crippen molar-refractivity contribution in [1.29, 1.82) is 5.26 Å². The minimum absolute atomic E-state index is 0.648. The molecule has 0 saturated heterocycles. The van der Waals surface area contributed by atoms with Gasteiger partial charge in [-0.3, -0.25) is 0 Å². The van der Waals surface area contributed by atoms with Crippen LogP contribution in [0.3, 0.4) is 0 Å². The molecular weight excluding hydrogens is 265 g/mol. The van der Waals surface area contributed by atoms with Crippen LogP contribution < -0.4 is 5.43 Å². The summed E-state index contributed by atoms with van der Waals surface area (Å²) < 4.78 is 0.847. The van der Waals surface area contributed by atoms with Crippen molar-refractivity contribution in [2.24, 2.45) is 5.10 Å². The van der Waals surface area contributed by atoms with Crippen LogP contribution in [0.15, 0.2) is 23.3 Å². The van der Waals surface area contributed by atoms with E-state index in [1.165, 1.54) is 0 Å². The van der Waals surface area contributed by atoms with Gasteiger partial charge >= 0.3 is 0 Å². The summed E-state index contributed by atoms with van der Waals surface area (Å²) in [7, 11) is 0. The molecule has 1 aliphatic heterocycles. The molecule has 0 spiro atoms. The fourth-order valence-corrected chi connectivity index (χ4v) is 1.55. The summed E-state index contributed by atoms with van der Waals surface area (Å²) in [4.78, 5) is 0. The maximum Gasteiger partial charge on any atom is 0.133 e. The normalized spacial score (nSPS) is 12.8. The van der Waals surface area contributed by atoms with Crippen LogP contribution in [0.5, 0.6) is 0 Å². The number of hydrogen-bond donors (Lipinski definition) is 0. The van der Waals surface area contributed by atoms with Gasteiger partial charge in [-0.15, -0.1) is 10.5 Å². The highest BCUT2D eigenvalue weighted by Gasteiger charge is 2.14. The minimum Gasteiger partial charge on any atom is -0.192 e. The van der Waals surface area contributed by atoms with Crippen LogP contribution in [0.4, 0.5) is 5.69 Å². The summed E-state index contributed by atoms with van der Waals surface area (Å²) in [5.74, 6) is 0. The van der Waals surface area contributed by atoms with Gasteiger partial charge in [-0.05, 0) is 40.8 Å². The average Bonchev–Trinajstić information content (AvgIpc) is 2.47. The predicted molar refractivity (Wildman–Crippen MR) is 53.5 cm³/mol. The van der Waals surface area contributed by atoms with E-state index in [4.69, 9.17) is 5.26 Å². The van der Waals surface area contributed by atoms with E-state index in [0.717, 1.165) is 15.0 Å². The zero-order valence-electron chi connectivity index (χ0n) is 5.95. The van der Waals surface area contributed by atoms with E-state index in [-0.39, 0.29) is 0 Å². The van der Waals surface area contributed by atoms with Crippen molar-refractivity contribution in [2.75, 3.05) is 0 Å². The molecule has 12 heavy (non-hydrogen) atoms. The Balaban J connectivity index is 2.59. The molecule has 0 N–H and O–H groups in total. The third-order valence-electron chi connectivity index (χ3n) is 1.59. The monoisotopic (exact) mass is 268 g/mol. The molecule has 0 aliphatic carbocycles. The first-order chi connectivity index (χ1) is 5.81. The summed E-state index contributed by atoms with van der Waals surface area (Å²) in [6.45, 7) is 0. The highest BCUT2D eigenvalue weighted by Crippen LogP contribution is 2.25. The zero-order valence-corrected chi connectivity index (χ0v) is 8.11. The number of nitrogens with zero attached hydrogens (tertiary/aromatic N) is 3. The van der Waals surface area contributed by atoms with Gasteiger partial charge in [-0.25, -0.2) is 0 Å². The van der Waals surface area contributed by atoms with Gasteiger partial charge in [-0.1, -0.05) is 0 Å². The number of hydrogen-bond acceptors (Lipinski definition) is 2. The fraction of sp³-hybridized carbons (Fsp3) is 0. The Labute approximate surface area is 83.2 Å². The van der Waals surface area contributed by atoms with E-state index < -0.39 is 0 Å². The molecule has 0 bridgehead atoms. The fourth-order valence-electron chi connectivity index (χ4n) is 1.01. The van der Waals surface area contributed by atoms with Crippen LogP contribution in [-0.4, -0.2) is 3.72 Å². The molecule has 1 aliphatic rings. The lowest BCUT2D eigenvalue weighted by Gasteiger charge is -1.95. The molecular formula is C8H3IN3. The van der Waals surface area contributed by atoms with Crippen molar-refractivity contribution in [3.8, 4) is 6.07 Å². The second-order valence-electron chi connectivity index (χ2n) is 2.33. The highest BCUT2D eigenvalue weighted by molar-refractivity contribution is 14.1. The van der Waals surface area contributed by atoms with Crippen LogP contribution in [-0.2, 0) is 0 Å². The van der Waals surface area contributed by atoms with Gasteiger partial charge in [0.2, 0.25) is 0 Å². The lowest BCUT2D eigenvalue weighted by Crippen LogP contribution is -1.86. The number of nitriles is 1. The van der Waals surface area contributed by atoms with Gasteiger partial charge in [0.25, 0.3) is 0 Å². The molecule has 1 aromatic carbocycles. The van der Waals surface area contributed by atoms with Crippen molar-refractivity contribution in [3.63, 3.8) is 0 Å². The number of rotatable bonds is 0. The topological polar surface area (TPSA) is 50.2 Å². The summed E-state index contributed by atoms with van der Waals surface area (Å²) in [6.07, 6.45) is 0. The van der Waals surface area contributed by atoms with Crippen molar-refractivity contribution in [1.82, 2.24) is 5.43 Å². The molecule has 1 radical (unpaired) electrons. The van der Waals surface area contributed by atoms with Crippen LogP contribution in [0.25, 0.3) is 0 Å². The Kier molecular flexibility index (Phi) is 1.73. The van der Waals surface area contributed by atoms with Crippen LogP contribution in [0.1, 0.15) is 11.1 Å². The van der Waals surface area contributed by atoms with Crippen molar-refractivity contribution >= 4 is 32.0 Å². The van der Waals surface area contributed by atoms with Crippen molar-refractivity contribution < 1.29 is 0 Å².